The van der Waals surface area contributed by atoms with E-state index < -0.39 is 23.7 Å². The van der Waals surface area contributed by atoms with Gasteiger partial charge in [0.25, 0.3) is 5.91 Å². The fraction of sp³-hybridized carbons (Fsp3) is 0.250. The number of hydrogen-bond acceptors (Lipinski definition) is 5. The van der Waals surface area contributed by atoms with E-state index in [4.69, 9.17) is 14.9 Å². The number of ether oxygens (including phenoxy) is 1. The third-order valence-electron chi connectivity index (χ3n) is 3.27. The van der Waals surface area contributed by atoms with Gasteiger partial charge in [0.05, 0.1) is 24.1 Å². The van der Waals surface area contributed by atoms with E-state index in [0.717, 1.165) is 6.07 Å². The normalized spacial score (nSPS) is 11.4. The Morgan fingerprint density at radius 3 is 2.64 bits per heavy atom. The van der Waals surface area contributed by atoms with Gasteiger partial charge in [0.1, 0.15) is 17.6 Å². The summed E-state index contributed by atoms with van der Waals surface area (Å²) >= 11 is 0. The summed E-state index contributed by atoms with van der Waals surface area (Å²) in [7, 11) is 1.43. The van der Waals surface area contributed by atoms with E-state index in [2.05, 4.69) is 10.6 Å². The van der Waals surface area contributed by atoms with Crippen molar-refractivity contribution >= 4 is 35.6 Å². The molecule has 9 heteroatoms. The number of benzene rings is 1. The van der Waals surface area contributed by atoms with Crippen molar-refractivity contribution in [2.24, 2.45) is 5.73 Å². The van der Waals surface area contributed by atoms with Crippen LogP contribution in [0, 0.1) is 12.7 Å². The first-order valence-corrected chi connectivity index (χ1v) is 7.12. The van der Waals surface area contributed by atoms with Crippen molar-refractivity contribution in [1.29, 1.82) is 0 Å². The van der Waals surface area contributed by atoms with E-state index >= 15 is 0 Å². The molecule has 0 aliphatic carbocycles. The molecule has 1 heterocycles. The summed E-state index contributed by atoms with van der Waals surface area (Å²) in [6.07, 6.45) is 1.37. The third kappa shape index (κ3) is 5.28. The number of furan rings is 1. The number of hydrogen-bond donors (Lipinski definition) is 3. The molecular formula is C16H19ClFN3O4. The predicted octanol–water partition coefficient (Wildman–Crippen LogP) is 2.31. The van der Waals surface area contributed by atoms with Gasteiger partial charge >= 0.3 is 0 Å². The quantitative estimate of drug-likeness (QED) is 0.722. The molecule has 0 spiro atoms. The average molecular weight is 372 g/mol. The first kappa shape index (κ1) is 20.6. The molecule has 1 unspecified atom stereocenters. The van der Waals surface area contributed by atoms with Crippen LogP contribution in [0.25, 0.3) is 0 Å². The Bertz CT molecular complexity index is 751. The lowest BCUT2D eigenvalue weighted by Crippen LogP contribution is -2.39. The highest BCUT2D eigenvalue weighted by atomic mass is 35.5. The van der Waals surface area contributed by atoms with Gasteiger partial charge in [-0.25, -0.2) is 4.39 Å². The Morgan fingerprint density at radius 2 is 2.04 bits per heavy atom. The fourth-order valence-corrected chi connectivity index (χ4v) is 2.00. The van der Waals surface area contributed by atoms with Crippen LogP contribution in [-0.2, 0) is 9.53 Å². The zero-order valence-corrected chi connectivity index (χ0v) is 14.5. The van der Waals surface area contributed by atoms with E-state index in [1.807, 2.05) is 0 Å². The third-order valence-corrected chi connectivity index (χ3v) is 3.27. The topological polar surface area (TPSA) is 107 Å². The van der Waals surface area contributed by atoms with Crippen molar-refractivity contribution < 1.29 is 23.1 Å². The van der Waals surface area contributed by atoms with Crippen molar-refractivity contribution in [2.45, 2.75) is 13.0 Å². The number of amides is 2. The minimum atomic E-state index is -0.855. The summed E-state index contributed by atoms with van der Waals surface area (Å²) in [5.74, 6) is -1.21. The van der Waals surface area contributed by atoms with Gasteiger partial charge in [-0.05, 0) is 31.2 Å². The summed E-state index contributed by atoms with van der Waals surface area (Å²) < 4.78 is 23.7. The highest BCUT2D eigenvalue weighted by Crippen LogP contribution is 2.21. The molecule has 2 aromatic rings. The zero-order valence-electron chi connectivity index (χ0n) is 13.7. The molecule has 0 saturated carbocycles. The minimum absolute atomic E-state index is 0. The second-order valence-electron chi connectivity index (χ2n) is 5.09. The fourth-order valence-electron chi connectivity index (χ4n) is 2.00. The highest BCUT2D eigenvalue weighted by Gasteiger charge is 2.16. The second kappa shape index (κ2) is 9.16. The number of carbonyl (C=O) groups excluding carboxylic acids is 2. The van der Waals surface area contributed by atoms with Gasteiger partial charge in [0.2, 0.25) is 5.91 Å². The van der Waals surface area contributed by atoms with Crippen molar-refractivity contribution in [3.05, 3.63) is 47.7 Å². The van der Waals surface area contributed by atoms with Gasteiger partial charge in [-0.1, -0.05) is 0 Å². The molecule has 0 bridgehead atoms. The van der Waals surface area contributed by atoms with Gasteiger partial charge in [0.15, 0.2) is 0 Å². The molecule has 0 fully saturated rings. The summed E-state index contributed by atoms with van der Waals surface area (Å²) in [5, 5.41) is 4.97. The maximum absolute atomic E-state index is 13.9. The SMILES string of the molecule is COCC(N)C(=O)Nc1ccc(F)c(NC(=O)c2ccoc2C)c1.Cl. The number of nitrogens with one attached hydrogen (secondary N) is 2. The Morgan fingerprint density at radius 1 is 1.32 bits per heavy atom. The van der Waals surface area contributed by atoms with Gasteiger partial charge in [-0.2, -0.15) is 0 Å². The highest BCUT2D eigenvalue weighted by molar-refractivity contribution is 6.05. The lowest BCUT2D eigenvalue weighted by molar-refractivity contribution is -0.118. The summed E-state index contributed by atoms with van der Waals surface area (Å²) in [5.41, 5.74) is 6.14. The monoisotopic (exact) mass is 371 g/mol. The Hall–Kier alpha value is -2.42. The van der Waals surface area contributed by atoms with E-state index in [-0.39, 0.29) is 24.7 Å². The smallest absolute Gasteiger partial charge is 0.259 e. The first-order valence-electron chi connectivity index (χ1n) is 7.12. The molecule has 1 aromatic heterocycles. The van der Waals surface area contributed by atoms with Crippen LogP contribution in [-0.4, -0.2) is 31.6 Å². The van der Waals surface area contributed by atoms with E-state index in [0.29, 0.717) is 17.0 Å². The number of halogens is 2. The number of aryl methyl sites for hydroxylation is 1. The number of methoxy groups -OCH3 is 1. The van der Waals surface area contributed by atoms with Crippen LogP contribution < -0.4 is 16.4 Å². The summed E-state index contributed by atoms with van der Waals surface area (Å²) in [6, 6.07) is 4.44. The molecule has 7 nitrogen and oxygen atoms in total. The Balaban J connectivity index is 0.00000312. The standard InChI is InChI=1S/C16H18FN3O4.ClH/c1-9-11(5-6-24-9)15(21)20-14-7-10(3-4-12(14)17)19-16(22)13(18)8-23-2;/h3-7,13H,8,18H2,1-2H3,(H,19,22)(H,20,21);1H. The van der Waals surface area contributed by atoms with Gasteiger partial charge in [-0.3, -0.25) is 9.59 Å². The molecule has 0 aliphatic heterocycles. The molecule has 0 saturated heterocycles. The molecule has 1 atom stereocenters. The molecule has 0 aliphatic rings. The van der Waals surface area contributed by atoms with Crippen molar-refractivity contribution in [3.8, 4) is 0 Å². The molecule has 136 valence electrons. The van der Waals surface area contributed by atoms with Gasteiger partial charge in [0, 0.05) is 12.8 Å². The molecule has 1 aromatic carbocycles. The van der Waals surface area contributed by atoms with Crippen LogP contribution in [0.1, 0.15) is 16.1 Å². The van der Waals surface area contributed by atoms with Gasteiger partial charge in [-0.15, -0.1) is 12.4 Å². The lowest BCUT2D eigenvalue weighted by atomic mass is 10.2. The van der Waals surface area contributed by atoms with E-state index in [9.17, 15) is 14.0 Å². The number of rotatable bonds is 6. The average Bonchev–Trinajstić information content (AvgIpc) is 2.97. The number of anilines is 2. The molecule has 4 N–H and O–H groups in total. The van der Waals surface area contributed by atoms with Crippen LogP contribution >= 0.6 is 12.4 Å². The van der Waals surface area contributed by atoms with E-state index in [1.165, 1.54) is 31.6 Å². The second-order valence-corrected chi connectivity index (χ2v) is 5.09. The molecule has 0 radical (unpaired) electrons. The molecular weight excluding hydrogens is 353 g/mol. The largest absolute Gasteiger partial charge is 0.469 e. The van der Waals surface area contributed by atoms with Crippen LogP contribution in [0.15, 0.2) is 34.9 Å². The van der Waals surface area contributed by atoms with Crippen LogP contribution in [0.2, 0.25) is 0 Å². The van der Waals surface area contributed by atoms with Crippen molar-refractivity contribution in [1.82, 2.24) is 0 Å². The zero-order chi connectivity index (χ0) is 17.7. The van der Waals surface area contributed by atoms with Crippen molar-refractivity contribution in [3.63, 3.8) is 0 Å². The number of nitrogens with two attached hydrogens (primary N) is 1. The van der Waals surface area contributed by atoms with Crippen LogP contribution in [0.5, 0.6) is 0 Å². The summed E-state index contributed by atoms with van der Waals surface area (Å²) in [6.45, 7) is 1.68. The minimum Gasteiger partial charge on any atom is -0.469 e. The maximum atomic E-state index is 13.9. The Labute approximate surface area is 150 Å². The van der Waals surface area contributed by atoms with Crippen LogP contribution in [0.4, 0.5) is 15.8 Å². The lowest BCUT2D eigenvalue weighted by Gasteiger charge is -2.13. The van der Waals surface area contributed by atoms with E-state index in [1.54, 1.807) is 6.92 Å². The first-order chi connectivity index (χ1) is 11.4. The predicted molar refractivity (Wildman–Crippen MR) is 93.5 cm³/mol. The molecule has 25 heavy (non-hydrogen) atoms. The molecule has 2 amide bonds. The Kier molecular flexibility index (Phi) is 7.56. The summed E-state index contributed by atoms with van der Waals surface area (Å²) in [4.78, 5) is 24.0. The maximum Gasteiger partial charge on any atom is 0.259 e. The van der Waals surface area contributed by atoms with Crippen LogP contribution in [0.3, 0.4) is 0 Å². The van der Waals surface area contributed by atoms with Gasteiger partial charge < -0.3 is 25.5 Å². The number of carbonyl (C=O) groups is 2. The molecule has 2 rings (SSSR count). The van der Waals surface area contributed by atoms with Crippen molar-refractivity contribution in [2.75, 3.05) is 24.4 Å².